The molecule has 1 fully saturated rings. The molecule has 2 rings (SSSR count). The monoisotopic (exact) mass is 180 g/mol. The van der Waals surface area contributed by atoms with Crippen molar-refractivity contribution in [3.63, 3.8) is 0 Å². The van der Waals surface area contributed by atoms with E-state index in [0.29, 0.717) is 6.54 Å². The van der Waals surface area contributed by atoms with Crippen LogP contribution in [0.1, 0.15) is 31.2 Å². The molecule has 2 N–H and O–H groups in total. The zero-order valence-electron chi connectivity index (χ0n) is 8.25. The molecular weight excluding hydrogens is 164 g/mol. The van der Waals surface area contributed by atoms with Gasteiger partial charge in [0.15, 0.2) is 0 Å². The Morgan fingerprint density at radius 1 is 1.54 bits per heavy atom. The fourth-order valence-electron chi connectivity index (χ4n) is 1.84. The Labute approximate surface area is 78.1 Å². The van der Waals surface area contributed by atoms with E-state index in [1.54, 1.807) is 0 Å². The molecule has 0 unspecified atom stereocenters. The van der Waals surface area contributed by atoms with Gasteiger partial charge in [-0.05, 0) is 26.7 Å². The quantitative estimate of drug-likeness (QED) is 0.741. The van der Waals surface area contributed by atoms with Crippen LogP contribution in [-0.2, 0) is 12.0 Å². The van der Waals surface area contributed by atoms with Crippen LogP contribution in [0.15, 0.2) is 0 Å². The second-order valence-electron chi connectivity index (χ2n) is 3.82. The molecule has 1 aromatic rings. The zero-order chi connectivity index (χ0) is 9.47. The molecule has 4 nitrogen and oxygen atoms in total. The second-order valence-corrected chi connectivity index (χ2v) is 3.82. The van der Waals surface area contributed by atoms with Gasteiger partial charge in [0.2, 0.25) is 0 Å². The van der Waals surface area contributed by atoms with Crippen molar-refractivity contribution in [3.8, 4) is 0 Å². The molecule has 4 heteroatoms. The Balaban J connectivity index is 2.36. The van der Waals surface area contributed by atoms with E-state index in [9.17, 15) is 0 Å². The zero-order valence-corrected chi connectivity index (χ0v) is 8.25. The average molecular weight is 180 g/mol. The van der Waals surface area contributed by atoms with Gasteiger partial charge in [0.05, 0.1) is 11.4 Å². The Bertz CT molecular complexity index is 311. The van der Waals surface area contributed by atoms with Crippen LogP contribution in [0.3, 0.4) is 0 Å². The van der Waals surface area contributed by atoms with E-state index in [4.69, 9.17) is 5.73 Å². The molecule has 0 amide bonds. The van der Waals surface area contributed by atoms with Crippen LogP contribution in [0.5, 0.6) is 0 Å². The average Bonchev–Trinajstić information content (AvgIpc) is 2.85. The lowest BCUT2D eigenvalue weighted by Gasteiger charge is -2.09. The summed E-state index contributed by atoms with van der Waals surface area (Å²) in [6.45, 7) is 5.75. The van der Waals surface area contributed by atoms with Crippen LogP contribution < -0.4 is 5.73 Å². The summed E-state index contributed by atoms with van der Waals surface area (Å²) in [5, 5.41) is 8.32. The predicted octanol–water partition coefficient (Wildman–Crippen LogP) is 0.597. The Kier molecular flexibility index (Phi) is 1.87. The normalized spacial score (nSPS) is 19.0. The highest BCUT2D eigenvalue weighted by atomic mass is 15.4. The van der Waals surface area contributed by atoms with Gasteiger partial charge in [-0.15, -0.1) is 5.10 Å². The highest BCUT2D eigenvalue weighted by molar-refractivity contribution is 5.28. The van der Waals surface area contributed by atoms with Crippen molar-refractivity contribution < 1.29 is 0 Å². The molecule has 0 bridgehead atoms. The summed E-state index contributed by atoms with van der Waals surface area (Å²) >= 11 is 0. The van der Waals surface area contributed by atoms with E-state index in [1.807, 2.05) is 4.68 Å². The molecule has 0 aliphatic heterocycles. The third kappa shape index (κ3) is 1.16. The van der Waals surface area contributed by atoms with Crippen LogP contribution in [0.2, 0.25) is 0 Å². The minimum Gasteiger partial charge on any atom is -0.330 e. The van der Waals surface area contributed by atoms with E-state index < -0.39 is 0 Å². The standard InChI is InChI=1S/C9H16N4/c1-3-13-7(2)8(11-12-13)9(6-10)4-5-9/h3-6,10H2,1-2H3. The second kappa shape index (κ2) is 2.80. The SMILES string of the molecule is CCn1nnc(C2(CN)CC2)c1C. The number of hydrogen-bond acceptors (Lipinski definition) is 3. The molecule has 0 saturated heterocycles. The van der Waals surface area contributed by atoms with Gasteiger partial charge in [-0.2, -0.15) is 0 Å². The van der Waals surface area contributed by atoms with Crippen LogP contribution >= 0.6 is 0 Å². The summed E-state index contributed by atoms with van der Waals surface area (Å²) < 4.78 is 1.94. The van der Waals surface area contributed by atoms with Crippen LogP contribution in [-0.4, -0.2) is 21.5 Å². The van der Waals surface area contributed by atoms with Gasteiger partial charge in [0.25, 0.3) is 0 Å². The van der Waals surface area contributed by atoms with Crippen LogP contribution in [0, 0.1) is 6.92 Å². The van der Waals surface area contributed by atoms with Crippen molar-refractivity contribution in [2.45, 2.75) is 38.6 Å². The van der Waals surface area contributed by atoms with Gasteiger partial charge in [-0.1, -0.05) is 5.21 Å². The third-order valence-electron chi connectivity index (χ3n) is 3.03. The maximum Gasteiger partial charge on any atom is 0.0930 e. The number of nitrogens with zero attached hydrogens (tertiary/aromatic N) is 3. The molecule has 1 aliphatic rings. The molecule has 13 heavy (non-hydrogen) atoms. The van der Waals surface area contributed by atoms with Crippen molar-refractivity contribution >= 4 is 0 Å². The van der Waals surface area contributed by atoms with E-state index in [0.717, 1.165) is 12.2 Å². The van der Waals surface area contributed by atoms with Crippen molar-refractivity contribution in [1.29, 1.82) is 0 Å². The van der Waals surface area contributed by atoms with Gasteiger partial charge in [-0.25, -0.2) is 4.68 Å². The van der Waals surface area contributed by atoms with Crippen LogP contribution in [0.25, 0.3) is 0 Å². The number of rotatable bonds is 3. The first-order chi connectivity index (χ1) is 6.23. The fraction of sp³-hybridized carbons (Fsp3) is 0.778. The maximum absolute atomic E-state index is 5.74. The van der Waals surface area contributed by atoms with Gasteiger partial charge in [-0.3, -0.25) is 0 Å². The maximum atomic E-state index is 5.74. The molecule has 1 aliphatic carbocycles. The molecule has 72 valence electrons. The van der Waals surface area contributed by atoms with Gasteiger partial charge < -0.3 is 5.73 Å². The lowest BCUT2D eigenvalue weighted by Crippen LogP contribution is -2.21. The van der Waals surface area contributed by atoms with Crippen molar-refractivity contribution in [1.82, 2.24) is 15.0 Å². The van der Waals surface area contributed by atoms with Crippen molar-refractivity contribution in [2.24, 2.45) is 5.73 Å². The van der Waals surface area contributed by atoms with Gasteiger partial charge in [0.1, 0.15) is 0 Å². The lowest BCUT2D eigenvalue weighted by atomic mass is 10.0. The first kappa shape index (κ1) is 8.69. The highest BCUT2D eigenvalue weighted by Crippen LogP contribution is 2.47. The van der Waals surface area contributed by atoms with Gasteiger partial charge >= 0.3 is 0 Å². The third-order valence-corrected chi connectivity index (χ3v) is 3.03. The molecule has 1 heterocycles. The number of aromatic nitrogens is 3. The van der Waals surface area contributed by atoms with Crippen molar-refractivity contribution in [2.75, 3.05) is 6.54 Å². The van der Waals surface area contributed by atoms with E-state index >= 15 is 0 Å². The first-order valence-electron chi connectivity index (χ1n) is 4.84. The highest BCUT2D eigenvalue weighted by Gasteiger charge is 2.46. The number of aryl methyl sites for hydroxylation is 1. The van der Waals surface area contributed by atoms with Gasteiger partial charge in [0, 0.05) is 18.5 Å². The molecule has 0 aromatic carbocycles. The summed E-state index contributed by atoms with van der Waals surface area (Å²) in [6.07, 6.45) is 2.35. The summed E-state index contributed by atoms with van der Waals surface area (Å²) in [6, 6.07) is 0. The predicted molar refractivity (Wildman–Crippen MR) is 50.4 cm³/mol. The Hall–Kier alpha value is -0.900. The summed E-state index contributed by atoms with van der Waals surface area (Å²) in [5.41, 5.74) is 8.23. The molecule has 0 spiro atoms. The molecular formula is C9H16N4. The first-order valence-corrected chi connectivity index (χ1v) is 4.84. The topological polar surface area (TPSA) is 56.7 Å². The minimum absolute atomic E-state index is 0.178. The number of nitrogens with two attached hydrogens (primary N) is 1. The van der Waals surface area contributed by atoms with Crippen LogP contribution in [0.4, 0.5) is 0 Å². The summed E-state index contributed by atoms with van der Waals surface area (Å²) in [4.78, 5) is 0. The number of hydrogen-bond donors (Lipinski definition) is 1. The summed E-state index contributed by atoms with van der Waals surface area (Å²) in [5.74, 6) is 0. The Morgan fingerprint density at radius 2 is 2.23 bits per heavy atom. The summed E-state index contributed by atoms with van der Waals surface area (Å²) in [7, 11) is 0. The molecule has 1 aromatic heterocycles. The fourth-order valence-corrected chi connectivity index (χ4v) is 1.84. The largest absolute Gasteiger partial charge is 0.330 e. The lowest BCUT2D eigenvalue weighted by molar-refractivity contribution is 0.611. The van der Waals surface area contributed by atoms with E-state index in [1.165, 1.54) is 18.5 Å². The molecule has 1 saturated carbocycles. The van der Waals surface area contributed by atoms with E-state index in [-0.39, 0.29) is 5.41 Å². The Morgan fingerprint density at radius 3 is 2.62 bits per heavy atom. The molecule has 0 radical (unpaired) electrons. The molecule has 0 atom stereocenters. The smallest absolute Gasteiger partial charge is 0.0930 e. The van der Waals surface area contributed by atoms with Crippen molar-refractivity contribution in [3.05, 3.63) is 11.4 Å². The minimum atomic E-state index is 0.178. The van der Waals surface area contributed by atoms with E-state index in [2.05, 4.69) is 24.2 Å².